The second kappa shape index (κ2) is 7.92. The molecule has 2 heterocycles. The van der Waals surface area contributed by atoms with Crippen LogP contribution in [-0.2, 0) is 11.2 Å². The Morgan fingerprint density at radius 1 is 1.26 bits per heavy atom. The van der Waals surface area contributed by atoms with Gasteiger partial charge in [-0.3, -0.25) is 14.7 Å². The van der Waals surface area contributed by atoms with Gasteiger partial charge in [0.25, 0.3) is 5.56 Å². The quantitative estimate of drug-likeness (QED) is 0.684. The second-order valence-electron chi connectivity index (χ2n) is 6.96. The van der Waals surface area contributed by atoms with Crippen molar-refractivity contribution in [1.29, 1.82) is 0 Å². The van der Waals surface area contributed by atoms with Gasteiger partial charge in [-0.05, 0) is 34.1 Å². The van der Waals surface area contributed by atoms with Crippen LogP contribution >= 0.6 is 11.3 Å². The molecule has 0 aliphatic carbocycles. The molecule has 0 aliphatic rings. The minimum atomic E-state index is -0.144. The number of H-pyrrole nitrogens is 1. The van der Waals surface area contributed by atoms with E-state index in [1.165, 1.54) is 21.6 Å². The van der Waals surface area contributed by atoms with Gasteiger partial charge in [0.15, 0.2) is 0 Å². The molecule has 0 saturated heterocycles. The first-order chi connectivity index (χ1) is 12.8. The zero-order chi connectivity index (χ0) is 19.6. The molecule has 2 aromatic heterocycles. The predicted octanol–water partition coefficient (Wildman–Crippen LogP) is 3.36. The molecule has 7 heteroatoms. The van der Waals surface area contributed by atoms with E-state index in [0.717, 1.165) is 17.0 Å². The fourth-order valence-corrected chi connectivity index (χ4v) is 3.66. The van der Waals surface area contributed by atoms with Gasteiger partial charge in [-0.2, -0.15) is 4.68 Å². The molecule has 6 nitrogen and oxygen atoms in total. The van der Waals surface area contributed by atoms with Crippen LogP contribution in [0, 0.1) is 13.8 Å². The molecule has 1 amide bonds. The van der Waals surface area contributed by atoms with Crippen LogP contribution < -0.4 is 10.9 Å². The van der Waals surface area contributed by atoms with Crippen molar-refractivity contribution in [2.45, 2.75) is 46.6 Å². The maximum Gasteiger partial charge on any atom is 0.276 e. The number of rotatable bonds is 6. The van der Waals surface area contributed by atoms with E-state index in [4.69, 9.17) is 0 Å². The number of hydrogen-bond acceptors (Lipinski definition) is 4. The third-order valence-corrected chi connectivity index (χ3v) is 5.10. The van der Waals surface area contributed by atoms with Crippen molar-refractivity contribution in [2.75, 3.05) is 0 Å². The lowest BCUT2D eigenvalue weighted by molar-refractivity contribution is -0.121. The van der Waals surface area contributed by atoms with E-state index in [1.54, 1.807) is 0 Å². The van der Waals surface area contributed by atoms with Crippen molar-refractivity contribution in [2.24, 2.45) is 0 Å². The third kappa shape index (κ3) is 4.36. The number of hydrogen-bond donors (Lipinski definition) is 2. The van der Waals surface area contributed by atoms with E-state index in [1.807, 2.05) is 57.3 Å². The molecule has 3 aromatic rings. The Morgan fingerprint density at radius 2 is 1.96 bits per heavy atom. The Morgan fingerprint density at radius 3 is 2.63 bits per heavy atom. The van der Waals surface area contributed by atoms with Crippen molar-refractivity contribution in [3.63, 3.8) is 0 Å². The van der Waals surface area contributed by atoms with Crippen LogP contribution in [0.3, 0.4) is 0 Å². The SMILES string of the molecule is Cc1ccc(-c2csc(-n3[nH]c(C)c(CCC(=O)NC(C)C)c3=O)n2)cc1. The van der Waals surface area contributed by atoms with Crippen LogP contribution in [0.4, 0.5) is 0 Å². The molecule has 1 aromatic carbocycles. The lowest BCUT2D eigenvalue weighted by Gasteiger charge is -2.07. The fraction of sp³-hybridized carbons (Fsp3) is 0.350. The summed E-state index contributed by atoms with van der Waals surface area (Å²) < 4.78 is 1.47. The molecular weight excluding hydrogens is 360 g/mol. The zero-order valence-electron chi connectivity index (χ0n) is 16.0. The Bertz CT molecular complexity index is 996. The summed E-state index contributed by atoms with van der Waals surface area (Å²) in [5.41, 5.74) is 4.30. The standard InChI is InChI=1S/C20H24N4O2S/c1-12(2)21-18(25)10-9-16-14(4)23-24(19(16)26)20-22-17(11-27-20)15-7-5-13(3)6-8-15/h5-8,11-12,23H,9-10H2,1-4H3,(H,21,25). The maximum absolute atomic E-state index is 12.8. The topological polar surface area (TPSA) is 79.8 Å². The van der Waals surface area contributed by atoms with Gasteiger partial charge in [0.05, 0.1) is 5.69 Å². The smallest absolute Gasteiger partial charge is 0.276 e. The minimum absolute atomic E-state index is 0.0487. The molecule has 0 saturated carbocycles. The van der Waals surface area contributed by atoms with E-state index >= 15 is 0 Å². The lowest BCUT2D eigenvalue weighted by Crippen LogP contribution is -2.30. The highest BCUT2D eigenvalue weighted by Crippen LogP contribution is 2.24. The molecule has 0 bridgehead atoms. The Labute approximate surface area is 162 Å². The number of aromatic nitrogens is 3. The molecule has 27 heavy (non-hydrogen) atoms. The number of carbonyl (C=O) groups excluding carboxylic acids is 1. The average Bonchev–Trinajstić information content (AvgIpc) is 3.19. The summed E-state index contributed by atoms with van der Waals surface area (Å²) in [7, 11) is 0. The number of aryl methyl sites for hydroxylation is 2. The summed E-state index contributed by atoms with van der Waals surface area (Å²) in [5, 5.41) is 8.47. The summed E-state index contributed by atoms with van der Waals surface area (Å²) in [5.74, 6) is -0.0487. The Balaban J connectivity index is 1.81. The van der Waals surface area contributed by atoms with E-state index in [9.17, 15) is 9.59 Å². The largest absolute Gasteiger partial charge is 0.354 e. The number of nitrogens with one attached hydrogen (secondary N) is 2. The van der Waals surface area contributed by atoms with Gasteiger partial charge in [-0.1, -0.05) is 29.8 Å². The van der Waals surface area contributed by atoms with Crippen LogP contribution in [0.1, 0.15) is 37.1 Å². The van der Waals surface area contributed by atoms with Crippen LogP contribution in [-0.4, -0.2) is 26.7 Å². The number of carbonyl (C=O) groups is 1. The lowest BCUT2D eigenvalue weighted by atomic mass is 10.1. The summed E-state index contributed by atoms with van der Waals surface area (Å²) in [6.45, 7) is 7.73. The number of aromatic amines is 1. The number of benzene rings is 1. The zero-order valence-corrected chi connectivity index (χ0v) is 16.8. The average molecular weight is 385 g/mol. The van der Waals surface area contributed by atoms with Gasteiger partial charge in [0, 0.05) is 34.7 Å². The summed E-state index contributed by atoms with van der Waals surface area (Å²) in [4.78, 5) is 29.3. The molecule has 0 unspecified atom stereocenters. The van der Waals surface area contributed by atoms with Gasteiger partial charge in [-0.25, -0.2) is 4.98 Å². The van der Waals surface area contributed by atoms with Crippen LogP contribution in [0.25, 0.3) is 16.4 Å². The predicted molar refractivity (Wildman–Crippen MR) is 109 cm³/mol. The highest BCUT2D eigenvalue weighted by atomic mass is 32.1. The molecule has 142 valence electrons. The van der Waals surface area contributed by atoms with Crippen LogP contribution in [0.2, 0.25) is 0 Å². The molecule has 0 fully saturated rings. The fourth-order valence-electron chi connectivity index (χ4n) is 2.87. The van der Waals surface area contributed by atoms with Crippen LogP contribution in [0.15, 0.2) is 34.4 Å². The monoisotopic (exact) mass is 384 g/mol. The van der Waals surface area contributed by atoms with E-state index in [0.29, 0.717) is 23.5 Å². The first kappa shape index (κ1) is 19.1. The third-order valence-electron chi connectivity index (χ3n) is 4.28. The van der Waals surface area contributed by atoms with E-state index < -0.39 is 0 Å². The Hall–Kier alpha value is -2.67. The first-order valence-electron chi connectivity index (χ1n) is 8.98. The molecule has 0 radical (unpaired) electrons. The second-order valence-corrected chi connectivity index (χ2v) is 7.80. The molecule has 3 rings (SSSR count). The van der Waals surface area contributed by atoms with E-state index in [2.05, 4.69) is 15.4 Å². The summed E-state index contributed by atoms with van der Waals surface area (Å²) in [6, 6.07) is 8.22. The van der Waals surface area contributed by atoms with Gasteiger partial charge in [0.2, 0.25) is 11.0 Å². The molecule has 0 aliphatic heterocycles. The van der Waals surface area contributed by atoms with Crippen LogP contribution in [0.5, 0.6) is 0 Å². The van der Waals surface area contributed by atoms with E-state index in [-0.39, 0.29) is 17.5 Å². The molecule has 0 spiro atoms. The number of thiazole rings is 1. The van der Waals surface area contributed by atoms with Crippen molar-refractivity contribution >= 4 is 17.2 Å². The summed E-state index contributed by atoms with van der Waals surface area (Å²) >= 11 is 1.41. The highest BCUT2D eigenvalue weighted by Gasteiger charge is 2.16. The summed E-state index contributed by atoms with van der Waals surface area (Å²) in [6.07, 6.45) is 0.696. The molecule has 2 N–H and O–H groups in total. The Kier molecular flexibility index (Phi) is 5.60. The number of amides is 1. The van der Waals surface area contributed by atoms with Gasteiger partial charge in [0.1, 0.15) is 0 Å². The number of nitrogens with zero attached hydrogens (tertiary/aromatic N) is 2. The van der Waals surface area contributed by atoms with Crippen molar-refractivity contribution in [3.05, 3.63) is 56.8 Å². The van der Waals surface area contributed by atoms with Gasteiger partial charge < -0.3 is 5.32 Å². The van der Waals surface area contributed by atoms with Gasteiger partial charge in [-0.15, -0.1) is 11.3 Å². The van der Waals surface area contributed by atoms with Crippen molar-refractivity contribution < 1.29 is 4.79 Å². The minimum Gasteiger partial charge on any atom is -0.354 e. The van der Waals surface area contributed by atoms with Gasteiger partial charge >= 0.3 is 0 Å². The maximum atomic E-state index is 12.8. The highest BCUT2D eigenvalue weighted by molar-refractivity contribution is 7.12. The first-order valence-corrected chi connectivity index (χ1v) is 9.86. The normalized spacial score (nSPS) is 11.1. The van der Waals surface area contributed by atoms with Crippen molar-refractivity contribution in [3.8, 4) is 16.4 Å². The molecule has 0 atom stereocenters. The molecular formula is C20H24N4O2S. The van der Waals surface area contributed by atoms with Crippen molar-refractivity contribution in [1.82, 2.24) is 20.1 Å².